The van der Waals surface area contributed by atoms with Crippen LogP contribution < -0.4 is 5.32 Å². The van der Waals surface area contributed by atoms with Gasteiger partial charge in [-0.05, 0) is 71.7 Å². The minimum absolute atomic E-state index is 0.138. The molecule has 8 heteroatoms. The molecule has 0 saturated heterocycles. The lowest BCUT2D eigenvalue weighted by Crippen LogP contribution is -2.14. The first kappa shape index (κ1) is 27.6. The molecule has 0 aliphatic heterocycles. The minimum Gasteiger partial charge on any atom is -0.414 e. The molecule has 3 nitrogen and oxygen atoms in total. The Bertz CT molecular complexity index is 1040. The number of allylic oxidation sites excluding steroid dienone is 5. The van der Waals surface area contributed by atoms with Gasteiger partial charge in [0.2, 0.25) is 5.91 Å². The zero-order valence-corrected chi connectivity index (χ0v) is 20.8. The van der Waals surface area contributed by atoms with Gasteiger partial charge in [0, 0.05) is 10.6 Å². The van der Waals surface area contributed by atoms with Gasteiger partial charge in [-0.2, -0.15) is 0 Å². The first-order valence-corrected chi connectivity index (χ1v) is 12.1. The molecule has 0 spiro atoms. The predicted molar refractivity (Wildman–Crippen MR) is 135 cm³/mol. The van der Waals surface area contributed by atoms with E-state index in [9.17, 15) is 18.0 Å². The third kappa shape index (κ3) is 9.31. The third-order valence-corrected chi connectivity index (χ3v) is 5.86. The Morgan fingerprint density at radius 3 is 2.41 bits per heavy atom. The van der Waals surface area contributed by atoms with E-state index in [1.54, 1.807) is 30.0 Å². The number of thioether (sulfide) groups is 1. The Hall–Kier alpha value is -2.64. The monoisotopic (exact) mass is 509 g/mol. The van der Waals surface area contributed by atoms with E-state index in [0.29, 0.717) is 23.4 Å². The fourth-order valence-electron chi connectivity index (χ4n) is 3.26. The average Bonchev–Trinajstić information content (AvgIpc) is 2.75. The predicted octanol–water partition coefficient (Wildman–Crippen LogP) is 8.34. The zero-order chi connectivity index (χ0) is 25.1. The number of aryl methyl sites for hydroxylation is 1. The van der Waals surface area contributed by atoms with Crippen molar-refractivity contribution < 1.29 is 22.7 Å². The van der Waals surface area contributed by atoms with E-state index in [2.05, 4.69) is 17.0 Å². The SMILES string of the molecule is CCSc1ccc(CC(=O)Nc2cc(C)c(/C(=C/C=C\C=C\OC(F)(F)F)CC)c(Cl)c2)cc1. The molecule has 2 aromatic carbocycles. The van der Waals surface area contributed by atoms with Crippen molar-refractivity contribution in [3.63, 3.8) is 0 Å². The maximum atomic E-state index is 12.5. The smallest absolute Gasteiger partial charge is 0.414 e. The molecule has 182 valence electrons. The van der Waals surface area contributed by atoms with Gasteiger partial charge in [-0.3, -0.25) is 4.79 Å². The number of hydrogen-bond donors (Lipinski definition) is 1. The van der Waals surface area contributed by atoms with E-state index >= 15 is 0 Å². The first-order valence-electron chi connectivity index (χ1n) is 10.7. The highest BCUT2D eigenvalue weighted by Gasteiger charge is 2.28. The van der Waals surface area contributed by atoms with Gasteiger partial charge in [0.05, 0.1) is 17.7 Å². The molecule has 0 atom stereocenters. The normalized spacial score (nSPS) is 12.5. The van der Waals surface area contributed by atoms with Crippen LogP contribution in [-0.4, -0.2) is 18.0 Å². The molecule has 0 aliphatic rings. The van der Waals surface area contributed by atoms with Gasteiger partial charge >= 0.3 is 6.36 Å². The van der Waals surface area contributed by atoms with Gasteiger partial charge < -0.3 is 10.1 Å². The Labute approximate surface area is 207 Å². The highest BCUT2D eigenvalue weighted by Crippen LogP contribution is 2.32. The summed E-state index contributed by atoms with van der Waals surface area (Å²) in [4.78, 5) is 13.7. The van der Waals surface area contributed by atoms with Crippen LogP contribution in [-0.2, 0) is 16.0 Å². The van der Waals surface area contributed by atoms with Crippen LogP contribution in [0.4, 0.5) is 18.9 Å². The van der Waals surface area contributed by atoms with Gasteiger partial charge in [-0.1, -0.05) is 55.8 Å². The summed E-state index contributed by atoms with van der Waals surface area (Å²) in [6.45, 7) is 5.94. The van der Waals surface area contributed by atoms with E-state index in [1.165, 1.54) is 11.0 Å². The molecule has 0 radical (unpaired) electrons. The summed E-state index contributed by atoms with van der Waals surface area (Å²) in [7, 11) is 0. The molecule has 0 unspecified atom stereocenters. The second kappa shape index (κ2) is 13.3. The van der Waals surface area contributed by atoms with Crippen molar-refractivity contribution in [3.05, 3.63) is 88.7 Å². The number of halogens is 4. The Balaban J connectivity index is 2.08. The number of anilines is 1. The summed E-state index contributed by atoms with van der Waals surface area (Å²) in [5, 5.41) is 3.38. The second-order valence-electron chi connectivity index (χ2n) is 7.27. The maximum absolute atomic E-state index is 12.5. The fourth-order valence-corrected chi connectivity index (χ4v) is 4.31. The van der Waals surface area contributed by atoms with Crippen molar-refractivity contribution in [2.45, 2.75) is 44.9 Å². The largest absolute Gasteiger partial charge is 0.572 e. The fraction of sp³-hybridized carbons (Fsp3) is 0.269. The lowest BCUT2D eigenvalue weighted by atomic mass is 9.97. The van der Waals surface area contributed by atoms with Crippen LogP contribution in [0.1, 0.15) is 37.0 Å². The van der Waals surface area contributed by atoms with Gasteiger partial charge in [0.1, 0.15) is 0 Å². The number of rotatable bonds is 10. The molecule has 0 bridgehead atoms. The summed E-state index contributed by atoms with van der Waals surface area (Å²) < 4.78 is 39.5. The molecule has 0 fully saturated rings. The molecule has 0 aromatic heterocycles. The number of carbonyl (C=O) groups is 1. The van der Waals surface area contributed by atoms with Crippen LogP contribution in [0.25, 0.3) is 5.57 Å². The highest BCUT2D eigenvalue weighted by atomic mass is 35.5. The molecule has 0 aliphatic carbocycles. The number of alkyl halides is 3. The molecule has 0 saturated carbocycles. The van der Waals surface area contributed by atoms with Crippen molar-refractivity contribution in [2.24, 2.45) is 0 Å². The molecular weight excluding hydrogens is 483 g/mol. The van der Waals surface area contributed by atoms with Crippen LogP contribution in [0.15, 0.2) is 71.9 Å². The van der Waals surface area contributed by atoms with Crippen LogP contribution >= 0.6 is 23.4 Å². The van der Waals surface area contributed by atoms with E-state index < -0.39 is 6.36 Å². The average molecular weight is 510 g/mol. The number of amides is 1. The molecule has 1 amide bonds. The highest BCUT2D eigenvalue weighted by molar-refractivity contribution is 7.99. The summed E-state index contributed by atoms with van der Waals surface area (Å²) in [6.07, 6.45) is 2.78. The molecular formula is C26H27ClF3NO2S. The summed E-state index contributed by atoms with van der Waals surface area (Å²) in [6, 6.07) is 11.5. The van der Waals surface area contributed by atoms with E-state index in [0.717, 1.165) is 34.1 Å². The number of hydrogen-bond acceptors (Lipinski definition) is 3. The second-order valence-corrected chi connectivity index (χ2v) is 9.02. The quantitative estimate of drug-likeness (QED) is 0.199. The van der Waals surface area contributed by atoms with Crippen molar-refractivity contribution in [1.29, 1.82) is 0 Å². The number of ether oxygens (including phenoxy) is 1. The Kier molecular flexibility index (Phi) is 10.8. The molecule has 2 rings (SSSR count). The summed E-state index contributed by atoms with van der Waals surface area (Å²) in [5.41, 5.74) is 4.14. The van der Waals surface area contributed by atoms with Gasteiger partial charge in [0.25, 0.3) is 0 Å². The molecule has 0 heterocycles. The van der Waals surface area contributed by atoms with Crippen molar-refractivity contribution >= 4 is 40.5 Å². The summed E-state index contributed by atoms with van der Waals surface area (Å²) >= 11 is 8.28. The Morgan fingerprint density at radius 1 is 1.12 bits per heavy atom. The lowest BCUT2D eigenvalue weighted by Gasteiger charge is -2.14. The molecule has 34 heavy (non-hydrogen) atoms. The van der Waals surface area contributed by atoms with Gasteiger partial charge in [-0.15, -0.1) is 24.9 Å². The van der Waals surface area contributed by atoms with Crippen molar-refractivity contribution in [2.75, 3.05) is 11.1 Å². The van der Waals surface area contributed by atoms with Crippen LogP contribution in [0, 0.1) is 6.92 Å². The van der Waals surface area contributed by atoms with E-state index in [1.807, 2.05) is 44.2 Å². The van der Waals surface area contributed by atoms with Crippen molar-refractivity contribution in [3.8, 4) is 0 Å². The standard InChI is InChI=1S/C26H27ClF3NO2S/c1-4-20(9-7-6-8-14-33-26(28,29)30)25-18(3)15-21(17-23(25)27)31-24(32)16-19-10-12-22(13-11-19)34-5-2/h6-15,17H,4-5,16H2,1-3H3,(H,31,32)/b7-6-,14-8+,20-9+. The first-order chi connectivity index (χ1) is 16.1. The number of benzene rings is 2. The number of carbonyl (C=O) groups excluding carboxylic acids is 1. The lowest BCUT2D eigenvalue weighted by molar-refractivity contribution is -0.298. The van der Waals surface area contributed by atoms with E-state index in [-0.39, 0.29) is 12.3 Å². The van der Waals surface area contributed by atoms with Crippen LogP contribution in [0.3, 0.4) is 0 Å². The van der Waals surface area contributed by atoms with E-state index in [4.69, 9.17) is 11.6 Å². The van der Waals surface area contributed by atoms with Crippen molar-refractivity contribution in [1.82, 2.24) is 0 Å². The van der Waals surface area contributed by atoms with Gasteiger partial charge in [0.15, 0.2) is 0 Å². The minimum atomic E-state index is -4.70. The summed E-state index contributed by atoms with van der Waals surface area (Å²) in [5.74, 6) is 0.857. The van der Waals surface area contributed by atoms with Crippen LogP contribution in [0.2, 0.25) is 5.02 Å². The maximum Gasteiger partial charge on any atom is 0.572 e. The number of nitrogens with one attached hydrogen (secondary N) is 1. The zero-order valence-electron chi connectivity index (χ0n) is 19.2. The van der Waals surface area contributed by atoms with Gasteiger partial charge in [-0.25, -0.2) is 0 Å². The molecule has 2 aromatic rings. The van der Waals surface area contributed by atoms with Crippen LogP contribution in [0.5, 0.6) is 0 Å². The topological polar surface area (TPSA) is 38.3 Å². The Morgan fingerprint density at radius 2 is 1.82 bits per heavy atom. The third-order valence-electron chi connectivity index (χ3n) is 4.67. The molecule has 1 N–H and O–H groups in total.